The van der Waals surface area contributed by atoms with Crippen molar-refractivity contribution >= 4 is 6.08 Å². The molecule has 1 aliphatic rings. The van der Waals surface area contributed by atoms with Gasteiger partial charge in [-0.3, -0.25) is 4.90 Å². The number of aryl methyl sites for hydroxylation is 1. The van der Waals surface area contributed by atoms with E-state index >= 15 is 0 Å². The van der Waals surface area contributed by atoms with E-state index in [0.717, 1.165) is 24.2 Å². The lowest BCUT2D eigenvalue weighted by Gasteiger charge is -2.31. The molecule has 23 heavy (non-hydrogen) atoms. The molecule has 120 valence electrons. The summed E-state index contributed by atoms with van der Waals surface area (Å²) >= 11 is 0. The highest BCUT2D eigenvalue weighted by Gasteiger charge is 2.26. The van der Waals surface area contributed by atoms with Crippen LogP contribution in [0.25, 0.3) is 6.08 Å². The molecule has 0 aliphatic carbocycles. The molecule has 0 amide bonds. The fraction of sp³-hybridized carbons (Fsp3) is 0.300. The molecule has 0 radical (unpaired) electrons. The van der Waals surface area contributed by atoms with E-state index in [0.29, 0.717) is 0 Å². The Morgan fingerprint density at radius 2 is 1.83 bits per heavy atom. The molecular weight excluding hydrogens is 286 g/mol. The number of nitrogens with zero attached hydrogens (tertiary/aromatic N) is 1. The summed E-state index contributed by atoms with van der Waals surface area (Å²) in [6, 6.07) is 16.3. The Bertz CT molecular complexity index is 694. The lowest BCUT2D eigenvalue weighted by Crippen LogP contribution is -2.38. The van der Waals surface area contributed by atoms with Crippen molar-refractivity contribution in [2.75, 3.05) is 13.2 Å². The summed E-state index contributed by atoms with van der Waals surface area (Å²) in [4.78, 5) is 2.25. The van der Waals surface area contributed by atoms with Gasteiger partial charge in [-0.15, -0.1) is 0 Å². The maximum absolute atomic E-state index is 9.92. The second-order valence-corrected chi connectivity index (χ2v) is 6.11. The maximum Gasteiger partial charge on any atom is 0.0661 e. The Balaban J connectivity index is 2.01. The molecule has 0 unspecified atom stereocenters. The SMILES string of the molecule is Cc1cccc2c1CN(Cc1ccccc1)[C@@H](CO)C(CO)=C2. The molecule has 0 spiro atoms. The average molecular weight is 309 g/mol. The summed E-state index contributed by atoms with van der Waals surface area (Å²) in [5.74, 6) is 0. The van der Waals surface area contributed by atoms with Gasteiger partial charge in [-0.25, -0.2) is 0 Å². The van der Waals surface area contributed by atoms with Crippen LogP contribution in [0.1, 0.15) is 22.3 Å². The Morgan fingerprint density at radius 3 is 2.52 bits per heavy atom. The molecule has 1 heterocycles. The molecule has 0 fully saturated rings. The van der Waals surface area contributed by atoms with Crippen LogP contribution in [-0.2, 0) is 13.1 Å². The van der Waals surface area contributed by atoms with Crippen LogP contribution >= 0.6 is 0 Å². The first kappa shape index (κ1) is 15.9. The Morgan fingerprint density at radius 1 is 1.04 bits per heavy atom. The highest BCUT2D eigenvalue weighted by molar-refractivity contribution is 5.61. The van der Waals surface area contributed by atoms with E-state index in [-0.39, 0.29) is 19.3 Å². The molecule has 0 saturated carbocycles. The summed E-state index contributed by atoms with van der Waals surface area (Å²) in [6.45, 7) is 3.60. The monoisotopic (exact) mass is 309 g/mol. The Kier molecular flexibility index (Phi) is 4.91. The maximum atomic E-state index is 9.92. The second-order valence-electron chi connectivity index (χ2n) is 6.11. The number of fused-ring (bicyclic) bond motifs is 1. The van der Waals surface area contributed by atoms with Gasteiger partial charge in [0.05, 0.1) is 19.3 Å². The minimum Gasteiger partial charge on any atom is -0.394 e. The van der Waals surface area contributed by atoms with E-state index in [1.165, 1.54) is 16.7 Å². The molecule has 2 aromatic rings. The Hall–Kier alpha value is -1.94. The fourth-order valence-electron chi connectivity index (χ4n) is 3.29. The van der Waals surface area contributed by atoms with Gasteiger partial charge in [-0.2, -0.15) is 0 Å². The summed E-state index contributed by atoms with van der Waals surface area (Å²) in [5.41, 5.74) is 5.73. The highest BCUT2D eigenvalue weighted by Crippen LogP contribution is 2.28. The number of aliphatic hydroxyl groups excluding tert-OH is 2. The zero-order valence-corrected chi connectivity index (χ0v) is 13.4. The minimum absolute atomic E-state index is 0.00621. The Labute approximate surface area is 137 Å². The molecule has 2 aromatic carbocycles. The lowest BCUT2D eigenvalue weighted by molar-refractivity contribution is 0.124. The minimum atomic E-state index is -0.160. The van der Waals surface area contributed by atoms with Gasteiger partial charge in [0.2, 0.25) is 0 Å². The van der Waals surface area contributed by atoms with Crippen LogP contribution < -0.4 is 0 Å². The summed E-state index contributed by atoms with van der Waals surface area (Å²) in [7, 11) is 0. The van der Waals surface area contributed by atoms with Gasteiger partial charge >= 0.3 is 0 Å². The van der Waals surface area contributed by atoms with E-state index in [9.17, 15) is 10.2 Å². The van der Waals surface area contributed by atoms with Crippen molar-refractivity contribution in [1.29, 1.82) is 0 Å². The second kappa shape index (κ2) is 7.09. The van der Waals surface area contributed by atoms with Crippen LogP contribution in [0, 0.1) is 6.92 Å². The van der Waals surface area contributed by atoms with Gasteiger partial charge < -0.3 is 10.2 Å². The van der Waals surface area contributed by atoms with Crippen molar-refractivity contribution in [2.45, 2.75) is 26.1 Å². The van der Waals surface area contributed by atoms with Crippen molar-refractivity contribution < 1.29 is 10.2 Å². The molecule has 3 heteroatoms. The molecule has 0 bridgehead atoms. The molecule has 3 rings (SSSR count). The van der Waals surface area contributed by atoms with Crippen molar-refractivity contribution in [3.63, 3.8) is 0 Å². The molecule has 1 atom stereocenters. The van der Waals surface area contributed by atoms with E-state index in [2.05, 4.69) is 36.1 Å². The van der Waals surface area contributed by atoms with E-state index < -0.39 is 0 Å². The topological polar surface area (TPSA) is 43.7 Å². The summed E-state index contributed by atoms with van der Waals surface area (Å²) in [5, 5.41) is 19.7. The van der Waals surface area contributed by atoms with Crippen LogP contribution in [-0.4, -0.2) is 34.4 Å². The van der Waals surface area contributed by atoms with Gasteiger partial charge in [-0.05, 0) is 34.8 Å². The quantitative estimate of drug-likeness (QED) is 0.913. The predicted molar refractivity (Wildman–Crippen MR) is 92.8 cm³/mol. The zero-order valence-electron chi connectivity index (χ0n) is 13.4. The molecule has 0 saturated heterocycles. The van der Waals surface area contributed by atoms with Gasteiger partial charge in [0, 0.05) is 13.1 Å². The largest absolute Gasteiger partial charge is 0.394 e. The first-order chi connectivity index (χ1) is 11.2. The smallest absolute Gasteiger partial charge is 0.0661 e. The van der Waals surface area contributed by atoms with Crippen LogP contribution in [0.5, 0.6) is 0 Å². The zero-order chi connectivity index (χ0) is 16.2. The van der Waals surface area contributed by atoms with Crippen LogP contribution in [0.15, 0.2) is 54.1 Å². The third-order valence-corrected chi connectivity index (χ3v) is 4.60. The van der Waals surface area contributed by atoms with Crippen LogP contribution in [0.2, 0.25) is 0 Å². The molecule has 0 aromatic heterocycles. The van der Waals surface area contributed by atoms with Gasteiger partial charge in [0.15, 0.2) is 0 Å². The molecule has 1 aliphatic heterocycles. The third kappa shape index (κ3) is 3.37. The molecule has 2 N–H and O–H groups in total. The molecular formula is C20H23NO2. The first-order valence-corrected chi connectivity index (χ1v) is 8.01. The van der Waals surface area contributed by atoms with Crippen LogP contribution in [0.4, 0.5) is 0 Å². The number of benzene rings is 2. The van der Waals surface area contributed by atoms with Gasteiger partial charge in [0.25, 0.3) is 0 Å². The van der Waals surface area contributed by atoms with Crippen molar-refractivity contribution in [3.05, 3.63) is 76.4 Å². The first-order valence-electron chi connectivity index (χ1n) is 8.01. The van der Waals surface area contributed by atoms with Crippen molar-refractivity contribution in [1.82, 2.24) is 4.90 Å². The summed E-state index contributed by atoms with van der Waals surface area (Å²) < 4.78 is 0. The average Bonchev–Trinajstić information content (AvgIpc) is 2.73. The number of rotatable bonds is 4. The van der Waals surface area contributed by atoms with E-state index in [1.807, 2.05) is 30.3 Å². The number of hydrogen-bond donors (Lipinski definition) is 2. The lowest BCUT2D eigenvalue weighted by atomic mass is 10.0. The van der Waals surface area contributed by atoms with E-state index in [4.69, 9.17) is 0 Å². The fourth-order valence-corrected chi connectivity index (χ4v) is 3.29. The van der Waals surface area contributed by atoms with Gasteiger partial charge in [-0.1, -0.05) is 54.6 Å². The van der Waals surface area contributed by atoms with Gasteiger partial charge in [0.1, 0.15) is 0 Å². The van der Waals surface area contributed by atoms with Crippen molar-refractivity contribution in [3.8, 4) is 0 Å². The normalized spacial score (nSPS) is 18.2. The van der Waals surface area contributed by atoms with E-state index in [1.54, 1.807) is 0 Å². The number of hydrogen-bond acceptors (Lipinski definition) is 3. The van der Waals surface area contributed by atoms with Crippen LogP contribution in [0.3, 0.4) is 0 Å². The third-order valence-electron chi connectivity index (χ3n) is 4.60. The highest BCUT2D eigenvalue weighted by atomic mass is 16.3. The van der Waals surface area contributed by atoms with Crippen molar-refractivity contribution in [2.24, 2.45) is 0 Å². The predicted octanol–water partition coefficient (Wildman–Crippen LogP) is 2.75. The summed E-state index contributed by atoms with van der Waals surface area (Å²) in [6.07, 6.45) is 2.04. The molecule has 3 nitrogen and oxygen atoms in total. The standard InChI is InChI=1S/C20H23NO2/c1-15-6-5-9-17-10-18(13-22)20(14-23)21(12-19(15)17)11-16-7-3-2-4-8-16/h2-10,20,22-23H,11-14H2,1H3/t20-/m0/s1. The number of aliphatic hydroxyl groups is 2.